The van der Waals surface area contributed by atoms with Gasteiger partial charge in [0.05, 0.1) is 5.02 Å². The Bertz CT molecular complexity index is 1150. The second kappa shape index (κ2) is 8.68. The number of carbonyl (C=O) groups is 1. The summed E-state index contributed by atoms with van der Waals surface area (Å²) in [7, 11) is -3.96. The van der Waals surface area contributed by atoms with E-state index >= 15 is 0 Å². The van der Waals surface area contributed by atoms with Gasteiger partial charge < -0.3 is 5.32 Å². The summed E-state index contributed by atoms with van der Waals surface area (Å²) in [5.41, 5.74) is 3.29. The molecule has 0 atom stereocenters. The van der Waals surface area contributed by atoms with Crippen LogP contribution >= 0.6 is 11.6 Å². The number of rotatable bonds is 6. The molecular weight excluding hydrogens is 408 g/mol. The fourth-order valence-electron chi connectivity index (χ4n) is 2.95. The zero-order chi connectivity index (χ0) is 21.0. The maximum Gasteiger partial charge on any atom is 0.263 e. The van der Waals surface area contributed by atoms with Gasteiger partial charge in [-0.05, 0) is 54.8 Å². The Kier molecular flexibility index (Phi) is 6.25. The number of benzene rings is 3. The number of aryl methyl sites for hydroxylation is 2. The summed E-state index contributed by atoms with van der Waals surface area (Å²) in [5.74, 6) is -0.401. The van der Waals surface area contributed by atoms with Crippen LogP contribution in [0.3, 0.4) is 0 Å². The van der Waals surface area contributed by atoms with Gasteiger partial charge in [0.25, 0.3) is 15.9 Å². The Hall–Kier alpha value is -2.83. The van der Waals surface area contributed by atoms with Crippen molar-refractivity contribution < 1.29 is 13.2 Å². The highest BCUT2D eigenvalue weighted by Crippen LogP contribution is 2.27. The van der Waals surface area contributed by atoms with E-state index in [0.717, 1.165) is 23.2 Å². The molecule has 5 nitrogen and oxygen atoms in total. The van der Waals surface area contributed by atoms with Crippen LogP contribution in [0.5, 0.6) is 0 Å². The molecule has 29 heavy (non-hydrogen) atoms. The Morgan fingerprint density at radius 2 is 1.72 bits per heavy atom. The van der Waals surface area contributed by atoms with E-state index in [-0.39, 0.29) is 15.5 Å². The maximum absolute atomic E-state index is 12.8. The smallest absolute Gasteiger partial charge is 0.263 e. The summed E-state index contributed by atoms with van der Waals surface area (Å²) in [6.07, 6.45) is 0.762. The first kappa shape index (κ1) is 20.9. The van der Waals surface area contributed by atoms with Gasteiger partial charge in [0, 0.05) is 16.9 Å². The highest BCUT2D eigenvalue weighted by atomic mass is 35.5. The maximum atomic E-state index is 12.8. The van der Waals surface area contributed by atoms with Crippen LogP contribution in [0.15, 0.2) is 71.6 Å². The number of halogens is 1. The minimum absolute atomic E-state index is 0.0371. The van der Waals surface area contributed by atoms with E-state index in [1.807, 2.05) is 32.0 Å². The normalized spacial score (nSPS) is 11.1. The van der Waals surface area contributed by atoms with Gasteiger partial charge in [-0.15, -0.1) is 0 Å². The van der Waals surface area contributed by atoms with Crippen LogP contribution in [0, 0.1) is 6.92 Å². The third kappa shape index (κ3) is 4.78. The summed E-state index contributed by atoms with van der Waals surface area (Å²) in [6, 6.07) is 18.5. The van der Waals surface area contributed by atoms with Gasteiger partial charge in [0.2, 0.25) is 0 Å². The SMILES string of the molecule is CCc1cccc(C)c1NC(=O)c1ccc(Cl)c(S(=O)(=O)Nc2ccccc2)c1. The zero-order valence-corrected chi connectivity index (χ0v) is 17.6. The van der Waals surface area contributed by atoms with Crippen molar-refractivity contribution in [1.82, 2.24) is 0 Å². The van der Waals surface area contributed by atoms with Gasteiger partial charge in [-0.2, -0.15) is 0 Å². The number of para-hydroxylation sites is 2. The quantitative estimate of drug-likeness (QED) is 0.562. The molecule has 0 aliphatic rings. The van der Waals surface area contributed by atoms with Crippen LogP contribution in [-0.4, -0.2) is 14.3 Å². The van der Waals surface area contributed by atoms with Gasteiger partial charge >= 0.3 is 0 Å². The topological polar surface area (TPSA) is 75.3 Å². The van der Waals surface area contributed by atoms with E-state index in [4.69, 9.17) is 11.6 Å². The fourth-order valence-corrected chi connectivity index (χ4v) is 4.54. The Morgan fingerprint density at radius 1 is 1.00 bits per heavy atom. The summed E-state index contributed by atoms with van der Waals surface area (Å²) in [5, 5.41) is 2.93. The molecule has 0 aliphatic heterocycles. The molecule has 7 heteroatoms. The Balaban J connectivity index is 1.92. The molecule has 150 valence electrons. The molecule has 0 saturated carbocycles. The fraction of sp³-hybridized carbons (Fsp3) is 0.136. The Morgan fingerprint density at radius 3 is 2.41 bits per heavy atom. The van der Waals surface area contributed by atoms with E-state index in [2.05, 4.69) is 10.0 Å². The molecule has 0 aromatic heterocycles. The standard InChI is InChI=1S/C22H21ClN2O3S/c1-3-16-9-7-8-15(2)21(16)24-22(26)17-12-13-19(23)20(14-17)29(27,28)25-18-10-5-4-6-11-18/h4-14,25H,3H2,1-2H3,(H,24,26). The number of carbonyl (C=O) groups excluding carboxylic acids is 1. The molecule has 0 radical (unpaired) electrons. The van der Waals surface area contributed by atoms with Crippen molar-refractivity contribution >= 4 is 38.9 Å². The molecule has 0 fully saturated rings. The monoisotopic (exact) mass is 428 g/mol. The molecule has 0 aliphatic carbocycles. The summed E-state index contributed by atoms with van der Waals surface area (Å²) in [6.45, 7) is 3.92. The number of hydrogen-bond donors (Lipinski definition) is 2. The summed E-state index contributed by atoms with van der Waals surface area (Å²) in [4.78, 5) is 12.7. The highest BCUT2D eigenvalue weighted by Gasteiger charge is 2.21. The first-order valence-corrected chi connectivity index (χ1v) is 10.9. The second-order valence-electron chi connectivity index (χ2n) is 6.53. The van der Waals surface area contributed by atoms with Crippen LogP contribution in [0.4, 0.5) is 11.4 Å². The molecular formula is C22H21ClN2O3S. The van der Waals surface area contributed by atoms with Crippen LogP contribution in [0.1, 0.15) is 28.4 Å². The van der Waals surface area contributed by atoms with E-state index in [9.17, 15) is 13.2 Å². The molecule has 3 aromatic carbocycles. The third-order valence-electron chi connectivity index (χ3n) is 4.49. The van der Waals surface area contributed by atoms with E-state index in [1.165, 1.54) is 18.2 Å². The van der Waals surface area contributed by atoms with Gasteiger partial charge in [0.15, 0.2) is 0 Å². The molecule has 2 N–H and O–H groups in total. The molecule has 0 heterocycles. The molecule has 0 unspecified atom stereocenters. The van der Waals surface area contributed by atoms with E-state index in [1.54, 1.807) is 30.3 Å². The number of hydrogen-bond acceptors (Lipinski definition) is 3. The predicted octanol–water partition coefficient (Wildman–Crippen LogP) is 5.26. The lowest BCUT2D eigenvalue weighted by Crippen LogP contribution is -2.17. The van der Waals surface area contributed by atoms with Gasteiger partial charge in [0.1, 0.15) is 4.90 Å². The average molecular weight is 429 g/mol. The minimum atomic E-state index is -3.96. The summed E-state index contributed by atoms with van der Waals surface area (Å²) < 4.78 is 28.0. The van der Waals surface area contributed by atoms with Crippen LogP contribution < -0.4 is 10.0 Å². The van der Waals surface area contributed by atoms with Crippen LogP contribution in [0.25, 0.3) is 0 Å². The Labute approximate surface area is 175 Å². The van der Waals surface area contributed by atoms with Crippen LogP contribution in [-0.2, 0) is 16.4 Å². The number of nitrogens with one attached hydrogen (secondary N) is 2. The van der Waals surface area contributed by atoms with Crippen molar-refractivity contribution in [2.24, 2.45) is 0 Å². The number of amides is 1. The molecule has 1 amide bonds. The van der Waals surface area contributed by atoms with Gasteiger partial charge in [-0.1, -0.05) is 54.9 Å². The second-order valence-corrected chi connectivity index (χ2v) is 8.59. The first-order chi connectivity index (χ1) is 13.8. The van der Waals surface area contributed by atoms with Crippen molar-refractivity contribution in [3.05, 3.63) is 88.4 Å². The number of anilines is 2. The molecule has 0 spiro atoms. The van der Waals surface area contributed by atoms with Gasteiger partial charge in [-0.25, -0.2) is 8.42 Å². The van der Waals surface area contributed by atoms with Gasteiger partial charge in [-0.3, -0.25) is 9.52 Å². The predicted molar refractivity (Wildman–Crippen MR) is 117 cm³/mol. The lowest BCUT2D eigenvalue weighted by molar-refractivity contribution is 0.102. The van der Waals surface area contributed by atoms with Crippen molar-refractivity contribution in [3.63, 3.8) is 0 Å². The van der Waals surface area contributed by atoms with Crippen LogP contribution in [0.2, 0.25) is 5.02 Å². The summed E-state index contributed by atoms with van der Waals surface area (Å²) >= 11 is 6.13. The average Bonchev–Trinajstić information content (AvgIpc) is 2.70. The highest BCUT2D eigenvalue weighted by molar-refractivity contribution is 7.92. The van der Waals surface area contributed by atoms with Crippen molar-refractivity contribution in [3.8, 4) is 0 Å². The van der Waals surface area contributed by atoms with Crippen molar-refractivity contribution in [2.75, 3.05) is 10.0 Å². The van der Waals surface area contributed by atoms with E-state index in [0.29, 0.717) is 5.69 Å². The molecule has 3 rings (SSSR count). The minimum Gasteiger partial charge on any atom is -0.321 e. The third-order valence-corrected chi connectivity index (χ3v) is 6.35. The van der Waals surface area contributed by atoms with Crippen molar-refractivity contribution in [2.45, 2.75) is 25.2 Å². The molecule has 0 bridgehead atoms. The van der Waals surface area contributed by atoms with E-state index < -0.39 is 15.9 Å². The lowest BCUT2D eigenvalue weighted by atomic mass is 10.1. The molecule has 3 aromatic rings. The lowest BCUT2D eigenvalue weighted by Gasteiger charge is -2.14. The zero-order valence-electron chi connectivity index (χ0n) is 16.1. The number of sulfonamides is 1. The van der Waals surface area contributed by atoms with Crippen molar-refractivity contribution in [1.29, 1.82) is 0 Å². The molecule has 0 saturated heterocycles. The first-order valence-electron chi connectivity index (χ1n) is 9.09. The largest absolute Gasteiger partial charge is 0.321 e.